The molecule has 4 nitrogen and oxygen atoms in total. The third kappa shape index (κ3) is 2.61. The Morgan fingerprint density at radius 2 is 2.32 bits per heavy atom. The van der Waals surface area contributed by atoms with Crippen molar-refractivity contribution in [3.05, 3.63) is 45.9 Å². The van der Waals surface area contributed by atoms with Crippen LogP contribution < -0.4 is 10.1 Å². The first-order valence-corrected chi connectivity index (χ1v) is 6.98. The molecule has 0 radical (unpaired) electrons. The van der Waals surface area contributed by atoms with E-state index in [-0.39, 0.29) is 11.9 Å². The van der Waals surface area contributed by atoms with Gasteiger partial charge in [0, 0.05) is 0 Å². The zero-order valence-corrected chi connectivity index (χ0v) is 11.4. The highest BCUT2D eigenvalue weighted by atomic mass is 32.1. The normalized spacial score (nSPS) is 17.4. The van der Waals surface area contributed by atoms with Crippen molar-refractivity contribution in [2.24, 2.45) is 0 Å². The van der Waals surface area contributed by atoms with Crippen LogP contribution in [0.4, 0.5) is 0 Å². The summed E-state index contributed by atoms with van der Waals surface area (Å²) in [7, 11) is 0. The topological polar surface area (TPSA) is 51.2 Å². The summed E-state index contributed by atoms with van der Waals surface area (Å²) >= 11 is 1.41. The Morgan fingerprint density at radius 3 is 3.11 bits per heavy atom. The molecular weight excluding hydrogens is 260 g/mol. The van der Waals surface area contributed by atoms with Crippen molar-refractivity contribution in [3.63, 3.8) is 0 Å². The fraction of sp³-hybridized carbons (Fsp3) is 0.286. The summed E-state index contributed by atoms with van der Waals surface area (Å²) in [5, 5.41) is 3.89. The predicted octanol–water partition coefficient (Wildman–Crippen LogP) is 2.19. The van der Waals surface area contributed by atoms with Crippen molar-refractivity contribution >= 4 is 17.2 Å². The number of hydrogen-bond donors (Lipinski definition) is 1. The molecule has 1 aliphatic rings. The lowest BCUT2D eigenvalue weighted by Gasteiger charge is -2.25. The second kappa shape index (κ2) is 5.01. The van der Waals surface area contributed by atoms with Gasteiger partial charge in [0.15, 0.2) is 0 Å². The molecular formula is C14H14N2O2S. The molecule has 0 spiro atoms. The molecule has 1 N–H and O–H groups in total. The van der Waals surface area contributed by atoms with Crippen molar-refractivity contribution in [2.45, 2.75) is 19.4 Å². The fourth-order valence-electron chi connectivity index (χ4n) is 2.14. The van der Waals surface area contributed by atoms with E-state index in [1.807, 2.05) is 31.2 Å². The Balaban J connectivity index is 1.68. The Kier molecular flexibility index (Phi) is 3.21. The molecule has 1 atom stereocenters. The molecule has 1 unspecified atom stereocenters. The number of nitrogens with zero attached hydrogens (tertiary/aromatic N) is 1. The highest BCUT2D eigenvalue weighted by Crippen LogP contribution is 2.24. The lowest BCUT2D eigenvalue weighted by Crippen LogP contribution is -2.42. The number of amides is 1. The number of carbonyl (C=O) groups is 1. The zero-order chi connectivity index (χ0) is 13.2. The lowest BCUT2D eigenvalue weighted by molar-refractivity contribution is 0.0919. The number of fused-ring (bicyclic) bond motifs is 1. The molecule has 5 heteroatoms. The summed E-state index contributed by atoms with van der Waals surface area (Å²) in [6, 6.07) is 7.95. The standard InChI is InChI=1S/C14H14N2O2S/c1-9-15-7-13(19-9)14(17)16-11-6-10-4-2-3-5-12(10)18-8-11/h2-5,7,11H,6,8H2,1H3,(H,16,17). The van der Waals surface area contributed by atoms with Crippen LogP contribution in [0.3, 0.4) is 0 Å². The van der Waals surface area contributed by atoms with Gasteiger partial charge < -0.3 is 10.1 Å². The molecule has 0 aliphatic carbocycles. The molecule has 0 fully saturated rings. The van der Waals surface area contributed by atoms with Gasteiger partial charge in [-0.3, -0.25) is 4.79 Å². The van der Waals surface area contributed by atoms with E-state index in [0.717, 1.165) is 22.7 Å². The zero-order valence-electron chi connectivity index (χ0n) is 10.6. The van der Waals surface area contributed by atoms with E-state index in [4.69, 9.17) is 4.74 Å². The Bertz CT molecular complexity index is 609. The van der Waals surface area contributed by atoms with E-state index >= 15 is 0 Å². The molecule has 1 amide bonds. The third-order valence-electron chi connectivity index (χ3n) is 3.06. The van der Waals surface area contributed by atoms with Crippen LogP contribution in [-0.4, -0.2) is 23.5 Å². The van der Waals surface area contributed by atoms with Gasteiger partial charge in [-0.2, -0.15) is 0 Å². The van der Waals surface area contributed by atoms with Crippen molar-refractivity contribution in [3.8, 4) is 5.75 Å². The first-order valence-electron chi connectivity index (χ1n) is 6.16. The van der Waals surface area contributed by atoms with Gasteiger partial charge in [0.25, 0.3) is 5.91 Å². The summed E-state index contributed by atoms with van der Waals surface area (Å²) in [5.74, 6) is 0.847. The lowest BCUT2D eigenvalue weighted by atomic mass is 10.0. The molecule has 1 aromatic heterocycles. The molecule has 2 heterocycles. The predicted molar refractivity (Wildman–Crippen MR) is 73.7 cm³/mol. The number of benzene rings is 1. The quantitative estimate of drug-likeness (QED) is 0.913. The molecule has 19 heavy (non-hydrogen) atoms. The van der Waals surface area contributed by atoms with E-state index in [1.165, 1.54) is 11.3 Å². The minimum Gasteiger partial charge on any atom is -0.491 e. The van der Waals surface area contributed by atoms with Crippen molar-refractivity contribution in [1.82, 2.24) is 10.3 Å². The van der Waals surface area contributed by atoms with Gasteiger partial charge >= 0.3 is 0 Å². The van der Waals surface area contributed by atoms with Crippen LogP contribution in [0.25, 0.3) is 0 Å². The highest BCUT2D eigenvalue weighted by molar-refractivity contribution is 7.13. The van der Waals surface area contributed by atoms with Gasteiger partial charge in [-0.1, -0.05) is 18.2 Å². The average molecular weight is 274 g/mol. The van der Waals surface area contributed by atoms with Crippen molar-refractivity contribution < 1.29 is 9.53 Å². The number of aryl methyl sites for hydroxylation is 1. The number of nitrogens with one attached hydrogen (secondary N) is 1. The highest BCUT2D eigenvalue weighted by Gasteiger charge is 2.22. The van der Waals surface area contributed by atoms with Gasteiger partial charge in [0.2, 0.25) is 0 Å². The summed E-state index contributed by atoms with van der Waals surface area (Å²) < 4.78 is 5.65. The summed E-state index contributed by atoms with van der Waals surface area (Å²) in [6.45, 7) is 2.40. The largest absolute Gasteiger partial charge is 0.491 e. The van der Waals surface area contributed by atoms with E-state index in [2.05, 4.69) is 10.3 Å². The molecule has 0 saturated carbocycles. The monoisotopic (exact) mass is 274 g/mol. The first-order chi connectivity index (χ1) is 9.22. The van der Waals surface area contributed by atoms with Crippen LogP contribution in [0.5, 0.6) is 5.75 Å². The molecule has 98 valence electrons. The van der Waals surface area contributed by atoms with E-state index < -0.39 is 0 Å². The van der Waals surface area contributed by atoms with Crippen molar-refractivity contribution in [2.75, 3.05) is 6.61 Å². The second-order valence-corrected chi connectivity index (χ2v) is 5.77. The summed E-state index contributed by atoms with van der Waals surface area (Å²) in [4.78, 5) is 16.8. The maximum absolute atomic E-state index is 12.0. The summed E-state index contributed by atoms with van der Waals surface area (Å²) in [5.41, 5.74) is 1.14. The van der Waals surface area contributed by atoms with Crippen LogP contribution in [0.15, 0.2) is 30.5 Å². The van der Waals surface area contributed by atoms with Crippen LogP contribution in [0.1, 0.15) is 20.2 Å². The Labute approximate surface area is 115 Å². The minimum absolute atomic E-state index is 0.0183. The maximum atomic E-state index is 12.0. The molecule has 2 aromatic rings. The second-order valence-electron chi connectivity index (χ2n) is 4.54. The van der Waals surface area contributed by atoms with Gasteiger partial charge in [0.05, 0.1) is 17.2 Å². The molecule has 1 aliphatic heterocycles. The van der Waals surface area contributed by atoms with Gasteiger partial charge in [-0.25, -0.2) is 4.98 Å². The van der Waals surface area contributed by atoms with Crippen LogP contribution in [-0.2, 0) is 6.42 Å². The van der Waals surface area contributed by atoms with Crippen LogP contribution >= 0.6 is 11.3 Å². The van der Waals surface area contributed by atoms with Gasteiger partial charge in [0.1, 0.15) is 17.2 Å². The molecule has 0 bridgehead atoms. The van der Waals surface area contributed by atoms with Crippen LogP contribution in [0.2, 0.25) is 0 Å². The van der Waals surface area contributed by atoms with Gasteiger partial charge in [-0.05, 0) is 25.0 Å². The maximum Gasteiger partial charge on any atom is 0.263 e. The third-order valence-corrected chi connectivity index (χ3v) is 3.97. The number of aromatic nitrogens is 1. The number of ether oxygens (including phenoxy) is 1. The van der Waals surface area contributed by atoms with Crippen LogP contribution in [0, 0.1) is 6.92 Å². The van der Waals surface area contributed by atoms with Gasteiger partial charge in [-0.15, -0.1) is 11.3 Å². The summed E-state index contributed by atoms with van der Waals surface area (Å²) in [6.07, 6.45) is 2.42. The Hall–Kier alpha value is -1.88. The average Bonchev–Trinajstić information content (AvgIpc) is 2.85. The smallest absolute Gasteiger partial charge is 0.263 e. The number of hydrogen-bond acceptors (Lipinski definition) is 4. The fourth-order valence-corrected chi connectivity index (χ4v) is 2.82. The SMILES string of the molecule is Cc1ncc(C(=O)NC2COc3ccccc3C2)s1. The molecule has 0 saturated heterocycles. The number of carbonyl (C=O) groups excluding carboxylic acids is 1. The number of para-hydroxylation sites is 1. The van der Waals surface area contributed by atoms with E-state index in [9.17, 15) is 4.79 Å². The number of rotatable bonds is 2. The first kappa shape index (κ1) is 12.2. The number of thiazole rings is 1. The molecule has 3 rings (SSSR count). The minimum atomic E-state index is -0.0708. The van der Waals surface area contributed by atoms with E-state index in [1.54, 1.807) is 6.20 Å². The van der Waals surface area contributed by atoms with E-state index in [0.29, 0.717) is 11.5 Å². The van der Waals surface area contributed by atoms with Crippen molar-refractivity contribution in [1.29, 1.82) is 0 Å². The molecule has 1 aromatic carbocycles. The Morgan fingerprint density at radius 1 is 1.47 bits per heavy atom.